The van der Waals surface area contributed by atoms with Gasteiger partial charge in [-0.1, -0.05) is 6.92 Å². The minimum absolute atomic E-state index is 0.0649. The molecular weight excluding hydrogens is 248 g/mol. The molecule has 1 fully saturated rings. The van der Waals surface area contributed by atoms with Crippen molar-refractivity contribution in [3.8, 4) is 0 Å². The SMILES string of the molecule is CC(CNC(=O)NCCC1CCCCO1)CC(=O)O. The molecule has 110 valence electrons. The molecule has 1 rings (SSSR count). The highest BCUT2D eigenvalue weighted by atomic mass is 16.5. The highest BCUT2D eigenvalue weighted by Crippen LogP contribution is 2.14. The first-order chi connectivity index (χ1) is 9.08. The van der Waals surface area contributed by atoms with E-state index in [2.05, 4.69) is 10.6 Å². The van der Waals surface area contributed by atoms with Crippen LogP contribution in [0.5, 0.6) is 0 Å². The second kappa shape index (κ2) is 8.74. The number of carbonyl (C=O) groups is 2. The molecule has 2 amide bonds. The monoisotopic (exact) mass is 272 g/mol. The number of carboxylic acid groups (broad SMARTS) is 1. The van der Waals surface area contributed by atoms with Crippen molar-refractivity contribution in [1.29, 1.82) is 0 Å². The molecule has 1 aliphatic heterocycles. The molecule has 2 unspecified atom stereocenters. The normalized spacial score (nSPS) is 20.6. The van der Waals surface area contributed by atoms with Gasteiger partial charge in [0.2, 0.25) is 0 Å². The predicted octanol–water partition coefficient (Wildman–Crippen LogP) is 1.36. The van der Waals surface area contributed by atoms with E-state index < -0.39 is 5.97 Å². The Morgan fingerprint density at radius 2 is 2.16 bits per heavy atom. The minimum Gasteiger partial charge on any atom is -0.481 e. The molecule has 0 bridgehead atoms. The lowest BCUT2D eigenvalue weighted by Gasteiger charge is -2.22. The van der Waals surface area contributed by atoms with Crippen molar-refractivity contribution in [2.75, 3.05) is 19.7 Å². The van der Waals surface area contributed by atoms with Crippen LogP contribution in [0.15, 0.2) is 0 Å². The summed E-state index contributed by atoms with van der Waals surface area (Å²) < 4.78 is 5.56. The Balaban J connectivity index is 2.02. The van der Waals surface area contributed by atoms with Crippen LogP contribution >= 0.6 is 0 Å². The number of hydrogen-bond acceptors (Lipinski definition) is 3. The Morgan fingerprint density at radius 1 is 1.37 bits per heavy atom. The number of rotatable bonds is 7. The molecule has 19 heavy (non-hydrogen) atoms. The summed E-state index contributed by atoms with van der Waals surface area (Å²) in [7, 11) is 0. The zero-order valence-electron chi connectivity index (χ0n) is 11.5. The Labute approximate surface area is 113 Å². The van der Waals surface area contributed by atoms with Crippen molar-refractivity contribution in [3.63, 3.8) is 0 Å². The molecular formula is C13H24N2O4. The third-order valence-corrected chi connectivity index (χ3v) is 3.16. The molecule has 0 aliphatic carbocycles. The molecule has 0 spiro atoms. The second-order valence-electron chi connectivity index (χ2n) is 5.12. The summed E-state index contributed by atoms with van der Waals surface area (Å²) in [6, 6.07) is -0.243. The molecule has 6 heteroatoms. The molecule has 0 aromatic carbocycles. The lowest BCUT2D eigenvalue weighted by Crippen LogP contribution is -2.39. The molecule has 0 aromatic heterocycles. The largest absolute Gasteiger partial charge is 0.481 e. The molecule has 0 saturated carbocycles. The van der Waals surface area contributed by atoms with Gasteiger partial charge in [-0.3, -0.25) is 4.79 Å². The highest BCUT2D eigenvalue weighted by molar-refractivity contribution is 5.73. The fourth-order valence-electron chi connectivity index (χ4n) is 2.08. The van der Waals surface area contributed by atoms with E-state index in [9.17, 15) is 9.59 Å². The second-order valence-corrected chi connectivity index (χ2v) is 5.12. The average molecular weight is 272 g/mol. The summed E-state index contributed by atoms with van der Waals surface area (Å²) >= 11 is 0. The van der Waals surface area contributed by atoms with Crippen molar-refractivity contribution in [1.82, 2.24) is 10.6 Å². The van der Waals surface area contributed by atoms with Gasteiger partial charge >= 0.3 is 12.0 Å². The third kappa shape index (κ3) is 7.66. The zero-order chi connectivity index (χ0) is 14.1. The highest BCUT2D eigenvalue weighted by Gasteiger charge is 2.14. The van der Waals surface area contributed by atoms with Gasteiger partial charge in [-0.2, -0.15) is 0 Å². The lowest BCUT2D eigenvalue weighted by atomic mass is 10.1. The molecule has 3 N–H and O–H groups in total. The number of ether oxygens (including phenoxy) is 1. The molecule has 0 radical (unpaired) electrons. The van der Waals surface area contributed by atoms with Crippen LogP contribution in [0.25, 0.3) is 0 Å². The topological polar surface area (TPSA) is 87.7 Å². The predicted molar refractivity (Wildman–Crippen MR) is 71.0 cm³/mol. The smallest absolute Gasteiger partial charge is 0.314 e. The van der Waals surface area contributed by atoms with Crippen LogP contribution in [0.2, 0.25) is 0 Å². The van der Waals surface area contributed by atoms with Gasteiger partial charge in [0.05, 0.1) is 6.10 Å². The molecule has 1 aliphatic rings. The van der Waals surface area contributed by atoms with Gasteiger partial charge in [0.1, 0.15) is 0 Å². The van der Waals surface area contributed by atoms with Crippen molar-refractivity contribution in [3.05, 3.63) is 0 Å². The van der Waals surface area contributed by atoms with E-state index in [0.29, 0.717) is 13.1 Å². The third-order valence-electron chi connectivity index (χ3n) is 3.16. The number of urea groups is 1. The van der Waals surface area contributed by atoms with E-state index in [1.807, 2.05) is 0 Å². The summed E-state index contributed by atoms with van der Waals surface area (Å²) in [4.78, 5) is 21.9. The van der Waals surface area contributed by atoms with E-state index >= 15 is 0 Å². The first-order valence-electron chi connectivity index (χ1n) is 6.93. The molecule has 6 nitrogen and oxygen atoms in total. The summed E-state index contributed by atoms with van der Waals surface area (Å²) in [6.45, 7) is 3.58. The maximum atomic E-state index is 11.5. The molecule has 1 heterocycles. The van der Waals surface area contributed by atoms with Crippen molar-refractivity contribution < 1.29 is 19.4 Å². The maximum Gasteiger partial charge on any atom is 0.314 e. The van der Waals surface area contributed by atoms with Gasteiger partial charge in [-0.25, -0.2) is 4.79 Å². The quantitative estimate of drug-likeness (QED) is 0.653. The van der Waals surface area contributed by atoms with Crippen molar-refractivity contribution >= 4 is 12.0 Å². The van der Waals surface area contributed by atoms with Crippen molar-refractivity contribution in [2.24, 2.45) is 5.92 Å². The summed E-state index contributed by atoms with van der Waals surface area (Å²) in [5, 5.41) is 14.0. The first kappa shape index (κ1) is 15.8. The lowest BCUT2D eigenvalue weighted by molar-refractivity contribution is -0.137. The number of hydrogen-bond donors (Lipinski definition) is 3. The molecule has 2 atom stereocenters. The van der Waals surface area contributed by atoms with Crippen LogP contribution in [-0.2, 0) is 9.53 Å². The summed E-state index contributed by atoms with van der Waals surface area (Å²) in [5.74, 6) is -0.908. The van der Waals surface area contributed by atoms with Gasteiger partial charge in [-0.05, 0) is 31.6 Å². The minimum atomic E-state index is -0.843. The standard InChI is InChI=1S/C13H24N2O4/c1-10(8-12(16)17)9-15-13(18)14-6-5-11-4-2-3-7-19-11/h10-11H,2-9H2,1H3,(H,16,17)(H2,14,15,18). The van der Waals surface area contributed by atoms with Crippen LogP contribution < -0.4 is 10.6 Å². The van der Waals surface area contributed by atoms with Gasteiger partial charge in [0.15, 0.2) is 0 Å². The number of carboxylic acids is 1. The molecule has 1 saturated heterocycles. The summed E-state index contributed by atoms with van der Waals surface area (Å²) in [6.07, 6.45) is 4.56. The van der Waals surface area contributed by atoms with E-state index in [0.717, 1.165) is 25.9 Å². The number of nitrogens with one attached hydrogen (secondary N) is 2. The van der Waals surface area contributed by atoms with Crippen molar-refractivity contribution in [2.45, 2.75) is 45.1 Å². The van der Waals surface area contributed by atoms with E-state index in [-0.39, 0.29) is 24.5 Å². The Kier molecular flexibility index (Phi) is 7.25. The Morgan fingerprint density at radius 3 is 2.79 bits per heavy atom. The van der Waals surface area contributed by atoms with E-state index in [1.165, 1.54) is 6.42 Å². The summed E-state index contributed by atoms with van der Waals surface area (Å²) in [5.41, 5.74) is 0. The maximum absolute atomic E-state index is 11.5. The van der Waals surface area contributed by atoms with Gasteiger partial charge in [0.25, 0.3) is 0 Å². The van der Waals surface area contributed by atoms with Crippen LogP contribution in [0, 0.1) is 5.92 Å². The van der Waals surface area contributed by atoms with E-state index in [4.69, 9.17) is 9.84 Å². The van der Waals surface area contributed by atoms with Gasteiger partial charge in [-0.15, -0.1) is 0 Å². The fourth-order valence-corrected chi connectivity index (χ4v) is 2.08. The van der Waals surface area contributed by atoms with Crippen LogP contribution in [0.4, 0.5) is 4.79 Å². The van der Waals surface area contributed by atoms with Crippen LogP contribution in [0.3, 0.4) is 0 Å². The van der Waals surface area contributed by atoms with Gasteiger partial charge < -0.3 is 20.5 Å². The Hall–Kier alpha value is -1.30. The van der Waals surface area contributed by atoms with Gasteiger partial charge in [0, 0.05) is 26.1 Å². The van der Waals surface area contributed by atoms with Crippen LogP contribution in [-0.4, -0.2) is 42.9 Å². The van der Waals surface area contributed by atoms with Crippen LogP contribution in [0.1, 0.15) is 39.0 Å². The zero-order valence-corrected chi connectivity index (χ0v) is 11.5. The Bertz CT molecular complexity index is 290. The first-order valence-corrected chi connectivity index (χ1v) is 6.93. The fraction of sp³-hybridized carbons (Fsp3) is 0.846. The number of amides is 2. The van der Waals surface area contributed by atoms with E-state index in [1.54, 1.807) is 6.92 Å². The molecule has 0 aromatic rings. The number of aliphatic carboxylic acids is 1. The average Bonchev–Trinajstić information content (AvgIpc) is 2.37. The number of carbonyl (C=O) groups excluding carboxylic acids is 1.